The van der Waals surface area contributed by atoms with Gasteiger partial charge < -0.3 is 19.2 Å². The molecule has 1 amide bonds. The summed E-state index contributed by atoms with van der Waals surface area (Å²) in [7, 11) is 0. The Hall–Kier alpha value is -3.94. The Morgan fingerprint density at radius 1 is 0.967 bits per heavy atom. The first-order valence-electron chi connectivity index (χ1n) is 9.16. The number of carbonyl (C=O) groups is 3. The monoisotopic (exact) mass is 409 g/mol. The second-order valence-electron chi connectivity index (χ2n) is 6.40. The van der Waals surface area contributed by atoms with Crippen LogP contribution in [0, 0.1) is 6.92 Å². The zero-order valence-electron chi connectivity index (χ0n) is 16.4. The third-order valence-corrected chi connectivity index (χ3v) is 4.10. The molecule has 0 aliphatic rings. The van der Waals surface area contributed by atoms with Gasteiger partial charge in [-0.25, -0.2) is 9.59 Å². The van der Waals surface area contributed by atoms with E-state index in [-0.39, 0.29) is 23.4 Å². The third-order valence-electron chi connectivity index (χ3n) is 4.10. The zero-order chi connectivity index (χ0) is 21.7. The molecule has 0 saturated carbocycles. The topological polar surface area (TPSA) is 112 Å². The highest BCUT2D eigenvalue weighted by molar-refractivity contribution is 5.96. The molecule has 0 unspecified atom stereocenters. The first-order chi connectivity index (χ1) is 14.4. The van der Waals surface area contributed by atoms with E-state index in [0.29, 0.717) is 16.6 Å². The summed E-state index contributed by atoms with van der Waals surface area (Å²) in [4.78, 5) is 48.0. The lowest BCUT2D eigenvalue weighted by atomic mass is 10.1. The van der Waals surface area contributed by atoms with E-state index in [1.807, 2.05) is 6.92 Å². The highest BCUT2D eigenvalue weighted by Crippen LogP contribution is 2.15. The van der Waals surface area contributed by atoms with Crippen LogP contribution in [-0.4, -0.2) is 31.1 Å². The van der Waals surface area contributed by atoms with Gasteiger partial charge in [-0.15, -0.1) is 0 Å². The number of aryl methyl sites for hydroxylation is 1. The van der Waals surface area contributed by atoms with Crippen molar-refractivity contribution >= 4 is 34.5 Å². The second kappa shape index (κ2) is 9.04. The molecule has 30 heavy (non-hydrogen) atoms. The van der Waals surface area contributed by atoms with Crippen molar-refractivity contribution in [1.82, 2.24) is 0 Å². The largest absolute Gasteiger partial charge is 0.462 e. The Kier molecular flexibility index (Phi) is 6.26. The average Bonchev–Trinajstić information content (AvgIpc) is 2.73. The molecule has 3 rings (SSSR count). The maximum atomic E-state index is 12.2. The lowest BCUT2D eigenvalue weighted by molar-refractivity contribution is -0.119. The van der Waals surface area contributed by atoms with Crippen molar-refractivity contribution in [2.45, 2.75) is 13.8 Å². The van der Waals surface area contributed by atoms with Gasteiger partial charge in [-0.05, 0) is 50.2 Å². The maximum Gasteiger partial charge on any atom is 0.374 e. The molecule has 0 atom stereocenters. The fraction of sp³-hybridized carbons (Fsp3) is 0.182. The Labute approximate surface area is 171 Å². The number of hydrogen-bond acceptors (Lipinski definition) is 7. The Morgan fingerprint density at radius 3 is 2.40 bits per heavy atom. The molecule has 1 N–H and O–H groups in total. The number of anilines is 1. The molecule has 0 aliphatic carbocycles. The van der Waals surface area contributed by atoms with Gasteiger partial charge in [0.05, 0.1) is 17.6 Å². The van der Waals surface area contributed by atoms with Crippen LogP contribution in [0.2, 0.25) is 0 Å². The molecule has 1 aromatic heterocycles. The van der Waals surface area contributed by atoms with Crippen LogP contribution < -0.4 is 10.7 Å². The smallest absolute Gasteiger partial charge is 0.374 e. The minimum atomic E-state index is -0.928. The maximum absolute atomic E-state index is 12.2. The van der Waals surface area contributed by atoms with Crippen LogP contribution in [0.5, 0.6) is 0 Å². The SMILES string of the molecule is CCOC(=O)c1ccc(NC(=O)COC(=O)c2cc(=O)c3cc(C)ccc3o2)cc1. The molecule has 0 aliphatic heterocycles. The molecule has 0 fully saturated rings. The number of hydrogen-bond donors (Lipinski definition) is 1. The summed E-state index contributed by atoms with van der Waals surface area (Å²) in [5, 5.41) is 2.89. The van der Waals surface area contributed by atoms with E-state index < -0.39 is 24.5 Å². The molecule has 0 radical (unpaired) electrons. The highest BCUT2D eigenvalue weighted by Gasteiger charge is 2.16. The molecule has 0 spiro atoms. The van der Waals surface area contributed by atoms with Crippen molar-refractivity contribution in [2.24, 2.45) is 0 Å². The number of carbonyl (C=O) groups excluding carboxylic acids is 3. The van der Waals surface area contributed by atoms with Crippen LogP contribution in [-0.2, 0) is 14.3 Å². The van der Waals surface area contributed by atoms with Gasteiger partial charge in [0.1, 0.15) is 5.58 Å². The van der Waals surface area contributed by atoms with Crippen molar-refractivity contribution in [1.29, 1.82) is 0 Å². The van der Waals surface area contributed by atoms with Crippen LogP contribution in [0.4, 0.5) is 5.69 Å². The second-order valence-corrected chi connectivity index (χ2v) is 6.40. The van der Waals surface area contributed by atoms with Crippen molar-refractivity contribution < 1.29 is 28.3 Å². The summed E-state index contributed by atoms with van der Waals surface area (Å²) in [5.41, 5.74) is 1.53. The molecule has 0 bridgehead atoms. The van der Waals surface area contributed by atoms with Gasteiger partial charge in [-0.2, -0.15) is 0 Å². The van der Waals surface area contributed by atoms with Crippen LogP contribution in [0.1, 0.15) is 33.4 Å². The average molecular weight is 409 g/mol. The predicted octanol–water partition coefficient (Wildman–Crippen LogP) is 3.07. The van der Waals surface area contributed by atoms with E-state index in [1.54, 1.807) is 25.1 Å². The van der Waals surface area contributed by atoms with E-state index in [4.69, 9.17) is 13.9 Å². The number of amides is 1. The molecule has 154 valence electrons. The standard InChI is InChI=1S/C22H19NO7/c1-3-28-21(26)14-5-7-15(8-6-14)23-20(25)12-29-22(27)19-11-17(24)16-10-13(2)4-9-18(16)30-19/h4-11H,3,12H2,1-2H3,(H,23,25). The number of nitrogens with one attached hydrogen (secondary N) is 1. The van der Waals surface area contributed by atoms with Crippen molar-refractivity contribution in [3.8, 4) is 0 Å². The van der Waals surface area contributed by atoms with Crippen LogP contribution in [0.25, 0.3) is 11.0 Å². The molecule has 1 heterocycles. The van der Waals surface area contributed by atoms with Crippen molar-refractivity contribution in [3.63, 3.8) is 0 Å². The van der Waals surface area contributed by atoms with Crippen molar-refractivity contribution in [3.05, 3.63) is 75.6 Å². The van der Waals surface area contributed by atoms with Gasteiger partial charge in [-0.1, -0.05) is 11.6 Å². The number of rotatable bonds is 6. The Balaban J connectivity index is 1.60. The van der Waals surface area contributed by atoms with Gasteiger partial charge in [0.25, 0.3) is 5.91 Å². The first kappa shape index (κ1) is 20.8. The molecular formula is C22H19NO7. The van der Waals surface area contributed by atoms with Crippen molar-refractivity contribution in [2.75, 3.05) is 18.5 Å². The van der Waals surface area contributed by atoms with Gasteiger partial charge in [0, 0.05) is 11.8 Å². The fourth-order valence-electron chi connectivity index (χ4n) is 2.67. The lowest BCUT2D eigenvalue weighted by Gasteiger charge is -2.08. The molecule has 3 aromatic rings. The van der Waals surface area contributed by atoms with Gasteiger partial charge >= 0.3 is 11.9 Å². The van der Waals surface area contributed by atoms with Gasteiger partial charge in [-0.3, -0.25) is 9.59 Å². The minimum Gasteiger partial charge on any atom is -0.462 e. The summed E-state index contributed by atoms with van der Waals surface area (Å²) < 4.78 is 15.2. The molecule has 8 heteroatoms. The third kappa shape index (κ3) is 4.91. The summed E-state index contributed by atoms with van der Waals surface area (Å²) in [5.74, 6) is -2.27. The normalized spacial score (nSPS) is 10.5. The lowest BCUT2D eigenvalue weighted by Crippen LogP contribution is -2.21. The van der Waals surface area contributed by atoms with E-state index in [0.717, 1.165) is 11.6 Å². The van der Waals surface area contributed by atoms with E-state index >= 15 is 0 Å². The summed E-state index contributed by atoms with van der Waals surface area (Å²) in [6.45, 7) is 3.23. The van der Waals surface area contributed by atoms with Crippen LogP contribution in [0.15, 0.2) is 57.7 Å². The van der Waals surface area contributed by atoms with E-state index in [2.05, 4.69) is 5.32 Å². The highest BCUT2D eigenvalue weighted by atomic mass is 16.5. The summed E-state index contributed by atoms with van der Waals surface area (Å²) in [6, 6.07) is 12.1. The zero-order valence-corrected chi connectivity index (χ0v) is 16.4. The predicted molar refractivity (Wildman–Crippen MR) is 109 cm³/mol. The van der Waals surface area contributed by atoms with Gasteiger partial charge in [0.15, 0.2) is 12.0 Å². The molecule has 8 nitrogen and oxygen atoms in total. The van der Waals surface area contributed by atoms with E-state index in [1.165, 1.54) is 24.3 Å². The number of ether oxygens (including phenoxy) is 2. The molecule has 0 saturated heterocycles. The first-order valence-corrected chi connectivity index (χ1v) is 9.16. The number of fused-ring (bicyclic) bond motifs is 1. The number of esters is 2. The summed E-state index contributed by atoms with van der Waals surface area (Å²) in [6.07, 6.45) is 0. The quantitative estimate of drug-likeness (QED) is 0.623. The van der Waals surface area contributed by atoms with E-state index in [9.17, 15) is 19.2 Å². The molecular weight excluding hydrogens is 390 g/mol. The van der Waals surface area contributed by atoms with Crippen LogP contribution >= 0.6 is 0 Å². The fourth-order valence-corrected chi connectivity index (χ4v) is 2.67. The number of benzene rings is 2. The Bertz CT molecular complexity index is 1160. The van der Waals surface area contributed by atoms with Gasteiger partial charge in [0.2, 0.25) is 5.76 Å². The minimum absolute atomic E-state index is 0.256. The summed E-state index contributed by atoms with van der Waals surface area (Å²) >= 11 is 0. The molecule has 2 aromatic carbocycles. The van der Waals surface area contributed by atoms with Crippen LogP contribution in [0.3, 0.4) is 0 Å². The Morgan fingerprint density at radius 2 is 1.70 bits per heavy atom.